The van der Waals surface area contributed by atoms with Gasteiger partial charge in [-0.3, -0.25) is 4.79 Å². The third-order valence-corrected chi connectivity index (χ3v) is 4.55. The summed E-state index contributed by atoms with van der Waals surface area (Å²) in [6.07, 6.45) is 0.302. The van der Waals surface area contributed by atoms with Crippen LogP contribution in [0.25, 0.3) is 0 Å². The van der Waals surface area contributed by atoms with E-state index in [4.69, 9.17) is 4.74 Å². The van der Waals surface area contributed by atoms with Crippen LogP contribution in [-0.4, -0.2) is 25.0 Å². The molecule has 0 spiro atoms. The van der Waals surface area contributed by atoms with Gasteiger partial charge in [0.1, 0.15) is 5.75 Å². The molecule has 0 aromatic heterocycles. The zero-order valence-electron chi connectivity index (χ0n) is 15.1. The van der Waals surface area contributed by atoms with Crippen molar-refractivity contribution >= 4 is 5.91 Å². The van der Waals surface area contributed by atoms with Gasteiger partial charge in [0, 0.05) is 12.6 Å². The van der Waals surface area contributed by atoms with E-state index >= 15 is 0 Å². The molecule has 0 saturated carbocycles. The molecule has 0 N–H and O–H groups in total. The molecule has 3 aromatic carbocycles. The molecular weight excluding hydrogens is 322 g/mol. The van der Waals surface area contributed by atoms with Crippen LogP contribution in [0.4, 0.5) is 0 Å². The topological polar surface area (TPSA) is 29.5 Å². The first-order chi connectivity index (χ1) is 12.7. The molecule has 3 rings (SSSR count). The first kappa shape index (κ1) is 17.7. The van der Waals surface area contributed by atoms with Crippen LogP contribution >= 0.6 is 0 Å². The number of likely N-dealkylation sites (N-methyl/N-ethyl adjacent to an activating group) is 1. The summed E-state index contributed by atoms with van der Waals surface area (Å²) in [4.78, 5) is 14.9. The van der Waals surface area contributed by atoms with Crippen molar-refractivity contribution in [1.29, 1.82) is 0 Å². The van der Waals surface area contributed by atoms with Crippen LogP contribution < -0.4 is 4.74 Å². The van der Waals surface area contributed by atoms with Gasteiger partial charge >= 0.3 is 0 Å². The zero-order valence-corrected chi connectivity index (χ0v) is 15.1. The number of benzene rings is 3. The SMILES string of the molecule is COc1ccccc1CC(=O)N(C)C(c1ccccc1)c1ccccc1. The van der Waals surface area contributed by atoms with Crippen molar-refractivity contribution in [2.24, 2.45) is 0 Å². The van der Waals surface area contributed by atoms with Crippen molar-refractivity contribution in [3.63, 3.8) is 0 Å². The lowest BCUT2D eigenvalue weighted by atomic mass is 9.97. The van der Waals surface area contributed by atoms with Crippen LogP contribution in [0.15, 0.2) is 84.9 Å². The number of nitrogens with zero attached hydrogens (tertiary/aromatic N) is 1. The molecule has 0 atom stereocenters. The lowest BCUT2D eigenvalue weighted by Crippen LogP contribution is -2.33. The summed E-state index contributed by atoms with van der Waals surface area (Å²) in [5.74, 6) is 0.789. The summed E-state index contributed by atoms with van der Waals surface area (Å²) < 4.78 is 5.38. The van der Waals surface area contributed by atoms with Gasteiger partial charge < -0.3 is 9.64 Å². The Morgan fingerprint density at radius 3 is 1.88 bits per heavy atom. The second-order valence-electron chi connectivity index (χ2n) is 6.22. The monoisotopic (exact) mass is 345 g/mol. The van der Waals surface area contributed by atoms with E-state index in [9.17, 15) is 4.79 Å². The Morgan fingerprint density at radius 2 is 1.35 bits per heavy atom. The standard InChI is InChI=1S/C23H23NO2/c1-24(22(25)17-20-15-9-10-16-21(20)26-2)23(18-11-5-3-6-12-18)19-13-7-4-8-14-19/h3-16,23H,17H2,1-2H3. The Balaban J connectivity index is 1.90. The molecule has 0 aliphatic heterocycles. The summed E-state index contributed by atoms with van der Waals surface area (Å²) >= 11 is 0. The lowest BCUT2D eigenvalue weighted by Gasteiger charge is -2.29. The second-order valence-corrected chi connectivity index (χ2v) is 6.22. The maximum absolute atomic E-state index is 13.0. The summed E-state index contributed by atoms with van der Waals surface area (Å²) in [5.41, 5.74) is 3.08. The smallest absolute Gasteiger partial charge is 0.227 e. The molecule has 3 aromatic rings. The molecule has 0 fully saturated rings. The molecule has 0 saturated heterocycles. The fourth-order valence-electron chi connectivity index (χ4n) is 3.19. The van der Waals surface area contributed by atoms with Gasteiger partial charge in [0.25, 0.3) is 0 Å². The van der Waals surface area contributed by atoms with Gasteiger partial charge in [0.05, 0.1) is 19.6 Å². The van der Waals surface area contributed by atoms with Gasteiger partial charge in [-0.05, 0) is 17.2 Å². The van der Waals surface area contributed by atoms with Gasteiger partial charge in [-0.1, -0.05) is 78.9 Å². The molecule has 0 heterocycles. The van der Waals surface area contributed by atoms with E-state index in [0.29, 0.717) is 6.42 Å². The molecule has 0 aliphatic rings. The summed E-state index contributed by atoms with van der Waals surface area (Å²) in [5, 5.41) is 0. The van der Waals surface area contributed by atoms with E-state index in [2.05, 4.69) is 24.3 Å². The highest BCUT2D eigenvalue weighted by atomic mass is 16.5. The number of hydrogen-bond acceptors (Lipinski definition) is 2. The summed E-state index contributed by atoms with van der Waals surface area (Å²) in [7, 11) is 3.49. The number of rotatable bonds is 6. The normalized spacial score (nSPS) is 10.6. The van der Waals surface area contributed by atoms with Gasteiger partial charge in [-0.2, -0.15) is 0 Å². The molecule has 3 heteroatoms. The average molecular weight is 345 g/mol. The van der Waals surface area contributed by atoms with Crippen molar-refractivity contribution in [1.82, 2.24) is 4.90 Å². The first-order valence-electron chi connectivity index (χ1n) is 8.68. The fourth-order valence-corrected chi connectivity index (χ4v) is 3.19. The number of para-hydroxylation sites is 1. The van der Waals surface area contributed by atoms with Gasteiger partial charge in [0.15, 0.2) is 0 Å². The molecule has 0 bridgehead atoms. The molecule has 1 amide bonds. The lowest BCUT2D eigenvalue weighted by molar-refractivity contribution is -0.130. The highest BCUT2D eigenvalue weighted by Gasteiger charge is 2.24. The van der Waals surface area contributed by atoms with E-state index < -0.39 is 0 Å². The van der Waals surface area contributed by atoms with Crippen molar-refractivity contribution in [2.45, 2.75) is 12.5 Å². The summed E-state index contributed by atoms with van der Waals surface area (Å²) in [6.45, 7) is 0. The van der Waals surface area contributed by atoms with E-state index in [1.165, 1.54) is 0 Å². The van der Waals surface area contributed by atoms with Crippen molar-refractivity contribution in [3.05, 3.63) is 102 Å². The van der Waals surface area contributed by atoms with E-state index in [0.717, 1.165) is 22.4 Å². The zero-order chi connectivity index (χ0) is 18.4. The molecule has 132 valence electrons. The van der Waals surface area contributed by atoms with Gasteiger partial charge in [-0.25, -0.2) is 0 Å². The third-order valence-electron chi connectivity index (χ3n) is 4.55. The number of ether oxygens (including phenoxy) is 1. The molecule has 0 aliphatic carbocycles. The molecule has 0 radical (unpaired) electrons. The quantitative estimate of drug-likeness (QED) is 0.659. The fraction of sp³-hybridized carbons (Fsp3) is 0.174. The predicted octanol–water partition coefficient (Wildman–Crippen LogP) is 4.49. The Morgan fingerprint density at radius 1 is 0.846 bits per heavy atom. The Hall–Kier alpha value is -3.07. The Labute approximate surface area is 154 Å². The molecular formula is C23H23NO2. The minimum absolute atomic E-state index is 0.0483. The van der Waals surface area contributed by atoms with Gasteiger partial charge in [-0.15, -0.1) is 0 Å². The number of carbonyl (C=O) groups is 1. The van der Waals surface area contributed by atoms with Crippen molar-refractivity contribution < 1.29 is 9.53 Å². The first-order valence-corrected chi connectivity index (χ1v) is 8.68. The summed E-state index contributed by atoms with van der Waals surface area (Å²) in [6, 6.07) is 27.8. The van der Waals surface area contributed by atoms with Crippen LogP contribution in [0, 0.1) is 0 Å². The van der Waals surface area contributed by atoms with E-state index in [1.807, 2.05) is 72.6 Å². The molecule has 26 heavy (non-hydrogen) atoms. The van der Waals surface area contributed by atoms with Crippen LogP contribution in [-0.2, 0) is 11.2 Å². The minimum Gasteiger partial charge on any atom is -0.496 e. The predicted molar refractivity (Wildman–Crippen MR) is 104 cm³/mol. The number of methoxy groups -OCH3 is 1. The Bertz CT molecular complexity index is 807. The highest BCUT2D eigenvalue weighted by molar-refractivity contribution is 5.80. The maximum atomic E-state index is 13.0. The largest absolute Gasteiger partial charge is 0.496 e. The van der Waals surface area contributed by atoms with E-state index in [-0.39, 0.29) is 11.9 Å². The van der Waals surface area contributed by atoms with Crippen molar-refractivity contribution in [2.75, 3.05) is 14.2 Å². The highest BCUT2D eigenvalue weighted by Crippen LogP contribution is 2.28. The van der Waals surface area contributed by atoms with Crippen LogP contribution in [0.1, 0.15) is 22.7 Å². The van der Waals surface area contributed by atoms with Crippen LogP contribution in [0.5, 0.6) is 5.75 Å². The Kier molecular flexibility index (Phi) is 5.69. The van der Waals surface area contributed by atoms with Crippen molar-refractivity contribution in [3.8, 4) is 5.75 Å². The third kappa shape index (κ3) is 3.94. The number of amides is 1. The molecule has 3 nitrogen and oxygen atoms in total. The second kappa shape index (κ2) is 8.34. The van der Waals surface area contributed by atoms with E-state index in [1.54, 1.807) is 7.11 Å². The maximum Gasteiger partial charge on any atom is 0.227 e. The van der Waals surface area contributed by atoms with Crippen LogP contribution in [0.3, 0.4) is 0 Å². The number of hydrogen-bond donors (Lipinski definition) is 0. The van der Waals surface area contributed by atoms with Crippen LogP contribution in [0.2, 0.25) is 0 Å². The molecule has 0 unspecified atom stereocenters. The van der Waals surface area contributed by atoms with Gasteiger partial charge in [0.2, 0.25) is 5.91 Å². The number of carbonyl (C=O) groups excluding carboxylic acids is 1. The minimum atomic E-state index is -0.125. The average Bonchev–Trinajstić information content (AvgIpc) is 2.70.